The van der Waals surface area contributed by atoms with Crippen molar-refractivity contribution in [1.82, 2.24) is 4.90 Å². The molecular weight excluding hydrogens is 194 g/mol. The summed E-state index contributed by atoms with van der Waals surface area (Å²) >= 11 is 0. The Hall–Kier alpha value is -0.610. The zero-order chi connectivity index (χ0) is 10.8. The number of hydrogen-bond donors (Lipinski definition) is 1. The quantitative estimate of drug-likeness (QED) is 0.685. The van der Waals surface area contributed by atoms with Crippen LogP contribution in [0.15, 0.2) is 0 Å². The molecule has 2 aliphatic rings. The van der Waals surface area contributed by atoms with Gasteiger partial charge in [-0.2, -0.15) is 0 Å². The first-order valence-corrected chi connectivity index (χ1v) is 5.77. The molecule has 1 N–H and O–H groups in total. The number of piperidine rings is 1. The summed E-state index contributed by atoms with van der Waals surface area (Å²) in [4.78, 5) is 13.9. The summed E-state index contributed by atoms with van der Waals surface area (Å²) in [5.41, 5.74) is 0. The summed E-state index contributed by atoms with van der Waals surface area (Å²) < 4.78 is 5.39. The molecule has 2 heterocycles. The van der Waals surface area contributed by atoms with Crippen LogP contribution in [0.1, 0.15) is 26.2 Å². The smallest absolute Gasteiger partial charge is 0.228 e. The lowest BCUT2D eigenvalue weighted by Crippen LogP contribution is -2.46. The third-order valence-electron chi connectivity index (χ3n) is 3.40. The van der Waals surface area contributed by atoms with Crippen molar-refractivity contribution in [3.63, 3.8) is 0 Å². The SMILES string of the molecule is CC1OCCC1C(=O)N1CCCC(O)C1. The highest BCUT2D eigenvalue weighted by atomic mass is 16.5. The summed E-state index contributed by atoms with van der Waals surface area (Å²) in [6.07, 6.45) is 2.26. The van der Waals surface area contributed by atoms with Crippen molar-refractivity contribution in [3.05, 3.63) is 0 Å². The van der Waals surface area contributed by atoms with Crippen LogP contribution < -0.4 is 0 Å². The lowest BCUT2D eigenvalue weighted by Gasteiger charge is -2.32. The minimum atomic E-state index is -0.333. The van der Waals surface area contributed by atoms with E-state index >= 15 is 0 Å². The molecule has 0 aromatic heterocycles. The second-order valence-corrected chi connectivity index (χ2v) is 4.55. The number of carbonyl (C=O) groups is 1. The van der Waals surface area contributed by atoms with Crippen molar-refractivity contribution < 1.29 is 14.6 Å². The zero-order valence-corrected chi connectivity index (χ0v) is 9.19. The third kappa shape index (κ3) is 2.32. The maximum atomic E-state index is 12.1. The van der Waals surface area contributed by atoms with Crippen LogP contribution in [0.2, 0.25) is 0 Å². The van der Waals surface area contributed by atoms with Crippen molar-refractivity contribution in [2.45, 2.75) is 38.4 Å². The molecular formula is C11H19NO3. The van der Waals surface area contributed by atoms with Gasteiger partial charge in [-0.1, -0.05) is 0 Å². The number of aliphatic hydroxyl groups is 1. The Balaban J connectivity index is 1.94. The molecule has 1 amide bonds. The maximum absolute atomic E-state index is 12.1. The first kappa shape index (κ1) is 10.9. The van der Waals surface area contributed by atoms with E-state index in [0.29, 0.717) is 13.2 Å². The van der Waals surface area contributed by atoms with Crippen molar-refractivity contribution >= 4 is 5.91 Å². The molecule has 3 unspecified atom stereocenters. The molecule has 4 nitrogen and oxygen atoms in total. The van der Waals surface area contributed by atoms with Gasteiger partial charge in [0.2, 0.25) is 5.91 Å². The Morgan fingerprint density at radius 2 is 2.27 bits per heavy atom. The highest BCUT2D eigenvalue weighted by Crippen LogP contribution is 2.24. The minimum Gasteiger partial charge on any atom is -0.391 e. The number of hydrogen-bond acceptors (Lipinski definition) is 3. The van der Waals surface area contributed by atoms with Gasteiger partial charge in [0, 0.05) is 19.7 Å². The molecule has 2 rings (SSSR count). The van der Waals surface area contributed by atoms with Crippen LogP contribution in [-0.2, 0) is 9.53 Å². The zero-order valence-electron chi connectivity index (χ0n) is 9.19. The van der Waals surface area contributed by atoms with Gasteiger partial charge >= 0.3 is 0 Å². The van der Waals surface area contributed by atoms with E-state index in [9.17, 15) is 9.90 Å². The summed E-state index contributed by atoms with van der Waals surface area (Å²) in [5.74, 6) is 0.175. The fraction of sp³-hybridized carbons (Fsp3) is 0.909. The molecule has 0 aromatic carbocycles. The predicted molar refractivity (Wildman–Crippen MR) is 55.3 cm³/mol. The van der Waals surface area contributed by atoms with E-state index in [-0.39, 0.29) is 24.0 Å². The summed E-state index contributed by atoms with van der Waals surface area (Å²) in [5, 5.41) is 9.51. The molecule has 3 atom stereocenters. The van der Waals surface area contributed by atoms with Crippen LogP contribution in [0.5, 0.6) is 0 Å². The van der Waals surface area contributed by atoms with Gasteiger partial charge in [0.05, 0.1) is 18.1 Å². The Kier molecular flexibility index (Phi) is 3.26. The number of rotatable bonds is 1. The topological polar surface area (TPSA) is 49.8 Å². The van der Waals surface area contributed by atoms with Gasteiger partial charge in [0.25, 0.3) is 0 Å². The number of carbonyl (C=O) groups excluding carboxylic acids is 1. The fourth-order valence-electron chi connectivity index (χ4n) is 2.45. The number of β-amino-alcohol motifs (C(OH)–C–C–N with tert-alkyl or cyclic N) is 1. The monoisotopic (exact) mass is 213 g/mol. The lowest BCUT2D eigenvalue weighted by atomic mass is 9.99. The average Bonchev–Trinajstić information content (AvgIpc) is 2.63. The van der Waals surface area contributed by atoms with Crippen LogP contribution in [0.3, 0.4) is 0 Å². The minimum absolute atomic E-state index is 0.00954. The van der Waals surface area contributed by atoms with E-state index < -0.39 is 0 Å². The van der Waals surface area contributed by atoms with E-state index in [1.54, 1.807) is 4.90 Å². The standard InChI is InChI=1S/C11H19NO3/c1-8-10(4-6-15-8)11(14)12-5-2-3-9(13)7-12/h8-10,13H,2-7H2,1H3. The fourth-order valence-corrected chi connectivity index (χ4v) is 2.45. The van der Waals surface area contributed by atoms with Crippen molar-refractivity contribution in [2.75, 3.05) is 19.7 Å². The van der Waals surface area contributed by atoms with E-state index in [4.69, 9.17) is 4.74 Å². The molecule has 2 aliphatic heterocycles. The Bertz CT molecular complexity index is 244. The van der Waals surface area contributed by atoms with E-state index in [2.05, 4.69) is 0 Å². The van der Waals surface area contributed by atoms with Gasteiger partial charge in [-0.05, 0) is 26.2 Å². The first-order valence-electron chi connectivity index (χ1n) is 5.77. The molecule has 0 spiro atoms. The molecule has 4 heteroatoms. The number of nitrogens with zero attached hydrogens (tertiary/aromatic N) is 1. The summed E-state index contributed by atoms with van der Waals surface area (Å²) in [7, 11) is 0. The van der Waals surface area contributed by atoms with E-state index in [1.807, 2.05) is 6.92 Å². The van der Waals surface area contributed by atoms with E-state index in [0.717, 1.165) is 25.8 Å². The number of aliphatic hydroxyl groups excluding tert-OH is 1. The second kappa shape index (κ2) is 4.49. The van der Waals surface area contributed by atoms with Gasteiger partial charge < -0.3 is 14.7 Å². The highest BCUT2D eigenvalue weighted by molar-refractivity contribution is 5.79. The largest absolute Gasteiger partial charge is 0.391 e. The van der Waals surface area contributed by atoms with Crippen LogP contribution in [0.25, 0.3) is 0 Å². The maximum Gasteiger partial charge on any atom is 0.228 e. The van der Waals surface area contributed by atoms with Crippen molar-refractivity contribution in [2.24, 2.45) is 5.92 Å². The van der Waals surface area contributed by atoms with Crippen LogP contribution >= 0.6 is 0 Å². The Morgan fingerprint density at radius 1 is 1.47 bits per heavy atom. The summed E-state index contributed by atoms with van der Waals surface area (Å²) in [6.45, 7) is 3.94. The second-order valence-electron chi connectivity index (χ2n) is 4.55. The van der Waals surface area contributed by atoms with E-state index in [1.165, 1.54) is 0 Å². The summed E-state index contributed by atoms with van der Waals surface area (Å²) in [6, 6.07) is 0. The van der Waals surface area contributed by atoms with Gasteiger partial charge in [0.1, 0.15) is 0 Å². The average molecular weight is 213 g/mol. The van der Waals surface area contributed by atoms with Gasteiger partial charge in [-0.25, -0.2) is 0 Å². The molecule has 86 valence electrons. The number of likely N-dealkylation sites (tertiary alicyclic amines) is 1. The first-order chi connectivity index (χ1) is 7.18. The van der Waals surface area contributed by atoms with Gasteiger partial charge in [-0.15, -0.1) is 0 Å². The predicted octanol–water partition coefficient (Wildman–Crippen LogP) is 0.395. The molecule has 0 radical (unpaired) electrons. The number of amides is 1. The Morgan fingerprint density at radius 3 is 2.87 bits per heavy atom. The van der Waals surface area contributed by atoms with Crippen LogP contribution in [0.4, 0.5) is 0 Å². The van der Waals surface area contributed by atoms with Gasteiger partial charge in [-0.3, -0.25) is 4.79 Å². The molecule has 0 saturated carbocycles. The van der Waals surface area contributed by atoms with Gasteiger partial charge in [0.15, 0.2) is 0 Å². The van der Waals surface area contributed by atoms with Crippen molar-refractivity contribution in [1.29, 1.82) is 0 Å². The molecule has 0 aliphatic carbocycles. The molecule has 2 saturated heterocycles. The molecule has 15 heavy (non-hydrogen) atoms. The lowest BCUT2D eigenvalue weighted by molar-refractivity contribution is -0.140. The van der Waals surface area contributed by atoms with Crippen LogP contribution in [-0.4, -0.2) is 47.8 Å². The number of ether oxygens (including phenoxy) is 1. The van der Waals surface area contributed by atoms with Crippen LogP contribution in [0, 0.1) is 5.92 Å². The molecule has 0 bridgehead atoms. The Labute approximate surface area is 90.2 Å². The third-order valence-corrected chi connectivity index (χ3v) is 3.40. The molecule has 2 fully saturated rings. The van der Waals surface area contributed by atoms with Crippen molar-refractivity contribution in [3.8, 4) is 0 Å². The normalized spacial score (nSPS) is 36.9. The highest BCUT2D eigenvalue weighted by Gasteiger charge is 2.35. The molecule has 0 aromatic rings.